The van der Waals surface area contributed by atoms with Gasteiger partial charge in [0.2, 0.25) is 5.91 Å². The van der Waals surface area contributed by atoms with Crippen LogP contribution in [0.1, 0.15) is 24.2 Å². The number of rotatable bonds is 4. The number of hydrogen-bond acceptors (Lipinski definition) is 6. The number of pyridine rings is 1. The van der Waals surface area contributed by atoms with Crippen LogP contribution >= 0.6 is 0 Å². The molecule has 1 aliphatic heterocycles. The number of carbonyl (C=O) groups is 2. The second kappa shape index (κ2) is 7.24. The lowest BCUT2D eigenvalue weighted by Gasteiger charge is -2.28. The molecule has 0 spiro atoms. The quantitative estimate of drug-likeness (QED) is 0.795. The Labute approximate surface area is 159 Å². The molecule has 144 valence electrons. The zero-order valence-electron chi connectivity index (χ0n) is 14.5. The van der Waals surface area contributed by atoms with Gasteiger partial charge in [-0.2, -0.15) is 5.26 Å². The zero-order chi connectivity index (χ0) is 20.5. The summed E-state index contributed by atoms with van der Waals surface area (Å²) in [6.45, 7) is 0.826. The molecular formula is C17H14FN5O4S. The fraction of sp³-hybridized carbons (Fsp3) is 0.176. The number of sulfonamides is 1. The molecule has 0 radical (unpaired) electrons. The van der Waals surface area contributed by atoms with Gasteiger partial charge in [-0.3, -0.25) is 9.78 Å². The van der Waals surface area contributed by atoms with Gasteiger partial charge in [-0.15, -0.1) is 0 Å². The number of fused-ring (bicyclic) bond motifs is 1. The molecule has 9 nitrogen and oxygen atoms in total. The van der Waals surface area contributed by atoms with Gasteiger partial charge >= 0.3 is 6.03 Å². The Hall–Kier alpha value is -3.52. The molecule has 3 amide bonds. The van der Waals surface area contributed by atoms with Crippen molar-refractivity contribution >= 4 is 27.6 Å². The first-order valence-electron chi connectivity index (χ1n) is 8.01. The third-order valence-electron chi connectivity index (χ3n) is 4.00. The van der Waals surface area contributed by atoms with Crippen LogP contribution < -0.4 is 10.6 Å². The molecule has 1 aliphatic rings. The topological polar surface area (TPSA) is 132 Å². The SMILES string of the molecule is C[C@@H](NC(=O)CN1C(=O)Nc2ccc(F)cc2S1(=O)=O)c1ccc(C#N)cn1. The number of nitriles is 1. The van der Waals surface area contributed by atoms with Crippen LogP contribution in [-0.4, -0.2) is 36.2 Å². The van der Waals surface area contributed by atoms with E-state index in [0.717, 1.165) is 18.2 Å². The minimum atomic E-state index is -4.39. The Morgan fingerprint density at radius 1 is 1.39 bits per heavy atom. The number of carbonyl (C=O) groups excluding carboxylic acids is 2. The predicted molar refractivity (Wildman–Crippen MR) is 94.8 cm³/mol. The molecule has 1 aromatic heterocycles. The van der Waals surface area contributed by atoms with Crippen molar-refractivity contribution in [3.8, 4) is 6.07 Å². The van der Waals surface area contributed by atoms with Crippen molar-refractivity contribution in [3.05, 3.63) is 53.6 Å². The van der Waals surface area contributed by atoms with Gasteiger partial charge in [-0.1, -0.05) is 0 Å². The minimum absolute atomic E-state index is 0.0572. The Balaban J connectivity index is 1.76. The highest BCUT2D eigenvalue weighted by molar-refractivity contribution is 7.90. The van der Waals surface area contributed by atoms with E-state index in [1.54, 1.807) is 13.0 Å². The summed E-state index contributed by atoms with van der Waals surface area (Å²) in [6, 6.07) is 6.31. The normalized spacial score (nSPS) is 15.8. The highest BCUT2D eigenvalue weighted by atomic mass is 32.2. The van der Waals surface area contributed by atoms with Crippen molar-refractivity contribution < 1.29 is 22.4 Å². The monoisotopic (exact) mass is 403 g/mol. The minimum Gasteiger partial charge on any atom is -0.346 e. The molecule has 0 fully saturated rings. The molecule has 28 heavy (non-hydrogen) atoms. The molecule has 11 heteroatoms. The molecule has 2 N–H and O–H groups in total. The van der Waals surface area contributed by atoms with E-state index in [-0.39, 0.29) is 5.69 Å². The van der Waals surface area contributed by atoms with Crippen LogP contribution in [0.25, 0.3) is 0 Å². The van der Waals surface area contributed by atoms with Gasteiger partial charge in [-0.05, 0) is 37.3 Å². The summed E-state index contributed by atoms with van der Waals surface area (Å²) in [5.74, 6) is -1.54. The van der Waals surface area contributed by atoms with E-state index in [2.05, 4.69) is 15.6 Å². The number of anilines is 1. The summed E-state index contributed by atoms with van der Waals surface area (Å²) in [6.07, 6.45) is 1.34. The summed E-state index contributed by atoms with van der Waals surface area (Å²) in [4.78, 5) is 28.0. The lowest BCUT2D eigenvalue weighted by molar-refractivity contribution is -0.121. The number of amides is 3. The Morgan fingerprint density at radius 2 is 2.14 bits per heavy atom. The fourth-order valence-corrected chi connectivity index (χ4v) is 4.04. The van der Waals surface area contributed by atoms with Crippen molar-refractivity contribution in [3.63, 3.8) is 0 Å². The highest BCUT2D eigenvalue weighted by Gasteiger charge is 2.38. The second-order valence-corrected chi connectivity index (χ2v) is 7.79. The summed E-state index contributed by atoms with van der Waals surface area (Å²) in [5.41, 5.74) is 0.744. The molecule has 2 aromatic rings. The lowest BCUT2D eigenvalue weighted by atomic mass is 10.2. The molecular weight excluding hydrogens is 389 g/mol. The molecule has 0 bridgehead atoms. The van der Waals surface area contributed by atoms with Crippen LogP contribution in [-0.2, 0) is 14.8 Å². The maximum atomic E-state index is 13.4. The van der Waals surface area contributed by atoms with Crippen molar-refractivity contribution in [2.75, 3.05) is 11.9 Å². The Morgan fingerprint density at radius 3 is 2.79 bits per heavy atom. The number of nitrogens with zero attached hydrogens (tertiary/aromatic N) is 3. The lowest BCUT2D eigenvalue weighted by Crippen LogP contribution is -2.49. The van der Waals surface area contributed by atoms with Gasteiger partial charge in [0.05, 0.1) is 23.0 Å². The maximum Gasteiger partial charge on any atom is 0.336 e. The average molecular weight is 403 g/mol. The first kappa shape index (κ1) is 19.2. The first-order chi connectivity index (χ1) is 13.2. The number of benzene rings is 1. The first-order valence-corrected chi connectivity index (χ1v) is 9.45. The molecule has 0 saturated carbocycles. The number of halogens is 1. The second-order valence-electron chi connectivity index (χ2n) is 5.96. The van der Waals surface area contributed by atoms with Gasteiger partial charge in [-0.25, -0.2) is 21.9 Å². The van der Waals surface area contributed by atoms with Crippen LogP contribution in [0.5, 0.6) is 0 Å². The van der Waals surface area contributed by atoms with Crippen LogP contribution in [0, 0.1) is 17.1 Å². The van der Waals surface area contributed by atoms with E-state index < -0.39 is 45.3 Å². The van der Waals surface area contributed by atoms with E-state index >= 15 is 0 Å². The standard InChI is InChI=1S/C17H14FN5O4S/c1-10(13-4-2-11(7-19)8-20-13)21-16(24)9-23-17(25)22-14-5-3-12(18)6-15(14)28(23,26)27/h2-6,8,10H,9H2,1H3,(H,21,24)(H,22,25)/t10-/m1/s1. The van der Waals surface area contributed by atoms with Crippen molar-refractivity contribution in [2.24, 2.45) is 0 Å². The molecule has 2 heterocycles. The van der Waals surface area contributed by atoms with E-state index in [9.17, 15) is 22.4 Å². The van der Waals surface area contributed by atoms with Crippen LogP contribution in [0.15, 0.2) is 41.4 Å². The van der Waals surface area contributed by atoms with Gasteiger partial charge < -0.3 is 10.6 Å². The molecule has 0 saturated heterocycles. The van der Waals surface area contributed by atoms with Gasteiger partial charge in [0.25, 0.3) is 10.0 Å². The highest BCUT2D eigenvalue weighted by Crippen LogP contribution is 2.30. The largest absolute Gasteiger partial charge is 0.346 e. The number of hydrogen-bond donors (Lipinski definition) is 2. The van der Waals surface area contributed by atoms with Crippen LogP contribution in [0.2, 0.25) is 0 Å². The summed E-state index contributed by atoms with van der Waals surface area (Å²) >= 11 is 0. The van der Waals surface area contributed by atoms with E-state index in [1.165, 1.54) is 12.3 Å². The number of nitrogens with one attached hydrogen (secondary N) is 2. The van der Waals surface area contributed by atoms with Crippen LogP contribution in [0.3, 0.4) is 0 Å². The average Bonchev–Trinajstić information content (AvgIpc) is 2.66. The molecule has 0 unspecified atom stereocenters. The van der Waals surface area contributed by atoms with E-state index in [1.807, 2.05) is 6.07 Å². The fourth-order valence-electron chi connectivity index (χ4n) is 2.59. The smallest absolute Gasteiger partial charge is 0.336 e. The molecule has 1 atom stereocenters. The summed E-state index contributed by atoms with van der Waals surface area (Å²) in [5, 5.41) is 13.6. The van der Waals surface area contributed by atoms with Gasteiger partial charge in [0.15, 0.2) is 0 Å². The molecule has 1 aromatic carbocycles. The third-order valence-corrected chi connectivity index (χ3v) is 5.77. The number of aromatic nitrogens is 1. The van der Waals surface area contributed by atoms with Gasteiger partial charge in [0.1, 0.15) is 23.3 Å². The third kappa shape index (κ3) is 3.63. The molecule has 3 rings (SSSR count). The maximum absolute atomic E-state index is 13.4. The van der Waals surface area contributed by atoms with Crippen molar-refractivity contribution in [1.82, 2.24) is 14.6 Å². The van der Waals surface area contributed by atoms with E-state index in [4.69, 9.17) is 5.26 Å². The predicted octanol–water partition coefficient (Wildman–Crippen LogP) is 1.51. The number of urea groups is 1. The van der Waals surface area contributed by atoms with Crippen molar-refractivity contribution in [1.29, 1.82) is 5.26 Å². The summed E-state index contributed by atoms with van der Waals surface area (Å²) in [7, 11) is -4.39. The van der Waals surface area contributed by atoms with Gasteiger partial charge in [0, 0.05) is 6.20 Å². The Kier molecular flexibility index (Phi) is 4.98. The summed E-state index contributed by atoms with van der Waals surface area (Å²) < 4.78 is 39.0. The molecule has 0 aliphatic carbocycles. The zero-order valence-corrected chi connectivity index (χ0v) is 15.3. The Bertz CT molecular complexity index is 1100. The van der Waals surface area contributed by atoms with Crippen LogP contribution in [0.4, 0.5) is 14.9 Å². The van der Waals surface area contributed by atoms with Crippen molar-refractivity contribution in [2.45, 2.75) is 17.9 Å². The van der Waals surface area contributed by atoms with E-state index in [0.29, 0.717) is 15.6 Å².